The highest BCUT2D eigenvalue weighted by Crippen LogP contribution is 2.33. The Kier molecular flexibility index (Phi) is 8.16. The van der Waals surface area contributed by atoms with Gasteiger partial charge in [-0.05, 0) is 62.1 Å². The zero-order chi connectivity index (χ0) is 28.2. The number of likely N-dealkylation sites (tertiary alicyclic amines) is 1. The summed E-state index contributed by atoms with van der Waals surface area (Å²) in [6.07, 6.45) is 0.991. The number of hydrogen-bond acceptors (Lipinski definition) is 7. The molecule has 0 radical (unpaired) electrons. The van der Waals surface area contributed by atoms with Crippen LogP contribution in [-0.4, -0.2) is 59.0 Å². The SMILES string of the molecule is COc1ccc2cc1Oc1cccc(c1)CO[C@@H]1CCN(C(=O)Cc3c(C)nc(C)[nH]c3=O)C[C@@H]1NC(=O)CC2. The Hall–Kier alpha value is -4.18. The Balaban J connectivity index is 1.36. The molecule has 4 bridgehead atoms. The maximum absolute atomic E-state index is 13.2. The molecular formula is C30H34N4O6. The van der Waals surface area contributed by atoms with Crippen molar-refractivity contribution in [2.45, 2.75) is 58.3 Å². The number of rotatable bonds is 3. The lowest BCUT2D eigenvalue weighted by atomic mass is 10.00. The molecule has 40 heavy (non-hydrogen) atoms. The van der Waals surface area contributed by atoms with Crippen molar-refractivity contribution in [2.75, 3.05) is 20.2 Å². The van der Waals surface area contributed by atoms with Crippen LogP contribution in [0.25, 0.3) is 0 Å². The summed E-state index contributed by atoms with van der Waals surface area (Å²) in [4.78, 5) is 47.4. The minimum atomic E-state index is -0.392. The number of methoxy groups -OCH3 is 1. The second-order valence-electron chi connectivity index (χ2n) is 10.3. The van der Waals surface area contributed by atoms with Crippen LogP contribution in [0, 0.1) is 13.8 Å². The number of benzene rings is 2. The summed E-state index contributed by atoms with van der Waals surface area (Å²) in [5, 5.41) is 3.11. The molecule has 5 rings (SSSR count). The van der Waals surface area contributed by atoms with Crippen LogP contribution in [0.4, 0.5) is 0 Å². The molecule has 0 spiro atoms. The number of ether oxygens (including phenoxy) is 3. The second-order valence-corrected chi connectivity index (χ2v) is 10.3. The van der Waals surface area contributed by atoms with E-state index in [1.165, 1.54) is 0 Å². The van der Waals surface area contributed by atoms with Crippen molar-refractivity contribution < 1.29 is 23.8 Å². The number of aromatic amines is 1. The summed E-state index contributed by atoms with van der Waals surface area (Å²) in [7, 11) is 1.59. The molecule has 0 saturated carbocycles. The molecule has 10 heteroatoms. The van der Waals surface area contributed by atoms with Gasteiger partial charge in [0, 0.05) is 30.8 Å². The van der Waals surface area contributed by atoms with E-state index < -0.39 is 6.04 Å². The molecule has 2 N–H and O–H groups in total. The molecule has 2 aliphatic rings. The number of hydrogen-bond donors (Lipinski definition) is 2. The summed E-state index contributed by atoms with van der Waals surface area (Å²) < 4.78 is 17.9. The van der Waals surface area contributed by atoms with Crippen LogP contribution in [-0.2, 0) is 33.8 Å². The molecule has 2 amide bonds. The number of nitrogens with zero attached hydrogens (tertiary/aromatic N) is 2. The van der Waals surface area contributed by atoms with Gasteiger partial charge in [0.1, 0.15) is 11.6 Å². The lowest BCUT2D eigenvalue weighted by molar-refractivity contribution is -0.136. The van der Waals surface area contributed by atoms with Crippen LogP contribution in [0.15, 0.2) is 47.3 Å². The molecule has 2 aromatic carbocycles. The number of piperidine rings is 1. The lowest BCUT2D eigenvalue weighted by Gasteiger charge is -2.39. The first-order valence-electron chi connectivity index (χ1n) is 13.5. The Morgan fingerprint density at radius 2 is 1.98 bits per heavy atom. The van der Waals surface area contributed by atoms with Crippen LogP contribution >= 0.6 is 0 Å². The second kappa shape index (κ2) is 11.9. The molecule has 3 heterocycles. The van der Waals surface area contributed by atoms with E-state index in [1.807, 2.05) is 42.5 Å². The molecule has 1 fully saturated rings. The van der Waals surface area contributed by atoms with E-state index in [0.717, 1.165) is 11.1 Å². The average molecular weight is 547 g/mol. The standard InChI is InChI=1S/C30H34N4O6/c1-18-23(30(37)32-19(2)31-18)15-29(36)34-12-11-25-24(16-34)33-28(35)10-8-20-7-9-26(38-3)27(14-20)40-22-6-4-5-21(13-22)17-39-25/h4-7,9,13-14,24-25H,8,10-12,15-17H2,1-3H3,(H,33,35)(H,31,32,37)/t24-,25+/m0/s1. The first kappa shape index (κ1) is 27.4. The van der Waals surface area contributed by atoms with Gasteiger partial charge in [-0.25, -0.2) is 4.98 Å². The highest BCUT2D eigenvalue weighted by molar-refractivity contribution is 5.80. The number of carbonyl (C=O) groups is 2. The Labute approximate surface area is 232 Å². The van der Waals surface area contributed by atoms with E-state index in [2.05, 4.69) is 15.3 Å². The first-order chi connectivity index (χ1) is 19.3. The van der Waals surface area contributed by atoms with Gasteiger partial charge in [0.2, 0.25) is 11.8 Å². The molecular weight excluding hydrogens is 512 g/mol. The van der Waals surface area contributed by atoms with Crippen molar-refractivity contribution in [1.29, 1.82) is 0 Å². The van der Waals surface area contributed by atoms with Crippen LogP contribution in [0.5, 0.6) is 17.2 Å². The van der Waals surface area contributed by atoms with Crippen molar-refractivity contribution in [2.24, 2.45) is 0 Å². The van der Waals surface area contributed by atoms with Gasteiger partial charge in [0.15, 0.2) is 11.5 Å². The zero-order valence-electron chi connectivity index (χ0n) is 23.0. The topological polar surface area (TPSA) is 123 Å². The van der Waals surface area contributed by atoms with Crippen molar-refractivity contribution in [3.63, 3.8) is 0 Å². The summed E-state index contributed by atoms with van der Waals surface area (Å²) in [6.45, 7) is 4.52. The van der Waals surface area contributed by atoms with Gasteiger partial charge in [0.25, 0.3) is 5.56 Å². The number of carbonyl (C=O) groups excluding carboxylic acids is 2. The summed E-state index contributed by atoms with van der Waals surface area (Å²) >= 11 is 0. The van der Waals surface area contributed by atoms with Gasteiger partial charge >= 0.3 is 0 Å². The van der Waals surface area contributed by atoms with Crippen LogP contribution in [0.2, 0.25) is 0 Å². The largest absolute Gasteiger partial charge is 0.493 e. The predicted octanol–water partition coefficient (Wildman–Crippen LogP) is 2.98. The maximum Gasteiger partial charge on any atom is 0.254 e. The Bertz CT molecular complexity index is 1470. The summed E-state index contributed by atoms with van der Waals surface area (Å²) in [5.74, 6) is 2.05. The fourth-order valence-corrected chi connectivity index (χ4v) is 5.24. The van der Waals surface area contributed by atoms with Gasteiger partial charge in [-0.15, -0.1) is 0 Å². The van der Waals surface area contributed by atoms with Crippen molar-refractivity contribution in [3.05, 3.63) is 81.0 Å². The number of H-pyrrole nitrogens is 1. The maximum atomic E-state index is 13.2. The number of amides is 2. The fourth-order valence-electron chi connectivity index (χ4n) is 5.24. The molecule has 3 aromatic rings. The molecule has 2 atom stereocenters. The molecule has 0 aliphatic carbocycles. The average Bonchev–Trinajstić information content (AvgIpc) is 2.93. The van der Waals surface area contributed by atoms with Crippen molar-refractivity contribution in [3.8, 4) is 17.2 Å². The number of nitrogens with one attached hydrogen (secondary N) is 2. The normalized spacial score (nSPS) is 19.4. The minimum absolute atomic E-state index is 0.0484. The van der Waals surface area contributed by atoms with Gasteiger partial charge in [0.05, 0.1) is 32.3 Å². The lowest BCUT2D eigenvalue weighted by Crippen LogP contribution is -2.57. The number of fused-ring (bicyclic) bond motifs is 5. The van der Waals surface area contributed by atoms with Crippen molar-refractivity contribution >= 4 is 11.8 Å². The van der Waals surface area contributed by atoms with Gasteiger partial charge in [-0.3, -0.25) is 14.4 Å². The molecule has 2 aliphatic heterocycles. The van der Waals surface area contributed by atoms with Crippen LogP contribution < -0.4 is 20.3 Å². The Morgan fingerprint density at radius 1 is 1.12 bits per heavy atom. The molecule has 210 valence electrons. The quantitative estimate of drug-likeness (QED) is 0.518. The van der Waals surface area contributed by atoms with Crippen molar-refractivity contribution in [1.82, 2.24) is 20.2 Å². The van der Waals surface area contributed by atoms with Crippen LogP contribution in [0.3, 0.4) is 0 Å². The molecule has 1 aromatic heterocycles. The van der Waals surface area contributed by atoms with E-state index in [4.69, 9.17) is 14.2 Å². The van der Waals surface area contributed by atoms with E-state index in [1.54, 1.807) is 25.9 Å². The summed E-state index contributed by atoms with van der Waals surface area (Å²) in [6, 6.07) is 12.9. The fraction of sp³-hybridized carbons (Fsp3) is 0.400. The highest BCUT2D eigenvalue weighted by Gasteiger charge is 2.33. The number of aromatic nitrogens is 2. The van der Waals surface area contributed by atoms with Gasteiger partial charge in [-0.2, -0.15) is 0 Å². The first-order valence-corrected chi connectivity index (χ1v) is 13.5. The third-order valence-corrected chi connectivity index (χ3v) is 7.38. The molecule has 10 nitrogen and oxygen atoms in total. The van der Waals surface area contributed by atoms with E-state index in [0.29, 0.717) is 66.9 Å². The van der Waals surface area contributed by atoms with E-state index in [-0.39, 0.29) is 36.3 Å². The zero-order valence-corrected chi connectivity index (χ0v) is 23.0. The highest BCUT2D eigenvalue weighted by atomic mass is 16.5. The van der Waals surface area contributed by atoms with E-state index >= 15 is 0 Å². The van der Waals surface area contributed by atoms with Gasteiger partial charge in [-0.1, -0.05) is 18.2 Å². The third-order valence-electron chi connectivity index (χ3n) is 7.38. The van der Waals surface area contributed by atoms with Crippen LogP contribution in [0.1, 0.15) is 41.1 Å². The smallest absolute Gasteiger partial charge is 0.254 e. The monoisotopic (exact) mass is 546 g/mol. The number of aryl methyl sites for hydroxylation is 3. The van der Waals surface area contributed by atoms with E-state index in [9.17, 15) is 14.4 Å². The summed E-state index contributed by atoms with van der Waals surface area (Å²) in [5.41, 5.74) is 2.47. The third kappa shape index (κ3) is 6.34. The molecule has 1 saturated heterocycles. The molecule has 0 unspecified atom stereocenters. The van der Waals surface area contributed by atoms with Gasteiger partial charge < -0.3 is 29.4 Å². The minimum Gasteiger partial charge on any atom is -0.493 e. The predicted molar refractivity (Wildman–Crippen MR) is 148 cm³/mol. The Morgan fingerprint density at radius 3 is 2.77 bits per heavy atom.